The molecule has 1 spiro atoms. The van der Waals surface area contributed by atoms with Crippen molar-refractivity contribution in [2.45, 2.75) is 175 Å². The molecule has 3 aliphatic heterocycles. The maximum Gasteiger partial charge on any atom is 0.330 e. The van der Waals surface area contributed by atoms with Crippen molar-refractivity contribution in [2.24, 2.45) is 53.3 Å². The number of carbonyl (C=O) groups is 3. The Kier molecular flexibility index (Phi) is 17.7. The van der Waals surface area contributed by atoms with Crippen LogP contribution >= 0.6 is 0 Å². The number of aliphatic hydroxyl groups excluding tert-OH is 4. The summed E-state index contributed by atoms with van der Waals surface area (Å²) in [6, 6.07) is 0. The lowest BCUT2D eigenvalue weighted by Crippen LogP contribution is -2.62. The molecular weight excluding hydrogens is 716 g/mol. The van der Waals surface area contributed by atoms with Gasteiger partial charge in [-0.25, -0.2) is 4.79 Å². The normalized spacial score (nSPS) is 46.2. The van der Waals surface area contributed by atoms with Crippen LogP contribution in [-0.4, -0.2) is 97.2 Å². The number of rotatable bonds is 3. The predicted molar refractivity (Wildman–Crippen MR) is 215 cm³/mol. The standard InChI is InChI=1S/C45H74O11/c1-12-34-17-15-13-14-16-27(4)42(51)44(11,53)43(52)32(9)40(50)31(8)39(49)30(7)38(48)26(3)18-21-37(47)54-41-29(6)35(20-19-34)55-45(33(41)10)23-22-25(2)36(56-45)24-28(5)46/h13-15,17-18,21,25-36,38,40-42,46,48,50-51,53H,12,16,19-20,22-24H2,1-11H3/b14-13-,17-15?,21-18+/t25-,26-,27+,28+,29+,30-,31-,32-,33-,34-,35-,36-,38+,40+,41+,42-,44+,45-/m0/s1. The fraction of sp³-hybridized carbons (Fsp3) is 0.800. The summed E-state index contributed by atoms with van der Waals surface area (Å²) in [6.45, 7) is 19.1. The highest BCUT2D eigenvalue weighted by molar-refractivity contribution is 5.91. The van der Waals surface area contributed by atoms with E-state index >= 15 is 0 Å². The van der Waals surface area contributed by atoms with Gasteiger partial charge in [-0.1, -0.05) is 92.7 Å². The number of ketones is 2. The zero-order valence-electron chi connectivity index (χ0n) is 35.8. The first-order valence-corrected chi connectivity index (χ1v) is 21.2. The topological polar surface area (TPSA) is 180 Å². The first-order valence-electron chi connectivity index (χ1n) is 21.2. The lowest BCUT2D eigenvalue weighted by Gasteiger charge is -2.55. The molecule has 3 heterocycles. The zero-order chi connectivity index (χ0) is 42.3. The molecule has 0 radical (unpaired) electrons. The van der Waals surface area contributed by atoms with Crippen molar-refractivity contribution >= 4 is 17.5 Å². The Hall–Kier alpha value is -2.25. The zero-order valence-corrected chi connectivity index (χ0v) is 35.8. The summed E-state index contributed by atoms with van der Waals surface area (Å²) >= 11 is 0. The Balaban J connectivity index is 1.99. The molecule has 2 saturated heterocycles. The van der Waals surface area contributed by atoms with Gasteiger partial charge in [0.1, 0.15) is 17.5 Å². The van der Waals surface area contributed by atoms with Crippen LogP contribution in [0.15, 0.2) is 36.5 Å². The van der Waals surface area contributed by atoms with Crippen LogP contribution in [0, 0.1) is 53.3 Å². The lowest BCUT2D eigenvalue weighted by molar-refractivity contribution is -0.371. The van der Waals surface area contributed by atoms with E-state index in [0.717, 1.165) is 19.3 Å². The molecule has 2 fully saturated rings. The summed E-state index contributed by atoms with van der Waals surface area (Å²) in [5.41, 5.74) is -2.18. The van der Waals surface area contributed by atoms with Gasteiger partial charge in [0.15, 0.2) is 11.6 Å². The van der Waals surface area contributed by atoms with E-state index in [4.69, 9.17) is 14.2 Å². The van der Waals surface area contributed by atoms with Crippen molar-refractivity contribution in [2.75, 3.05) is 0 Å². The van der Waals surface area contributed by atoms with Gasteiger partial charge >= 0.3 is 5.97 Å². The number of Topliss-reactive ketones (excluding diaryl/α,β-unsaturated/α-hetero) is 2. The first kappa shape index (κ1) is 48.1. The van der Waals surface area contributed by atoms with E-state index in [1.54, 1.807) is 20.8 Å². The van der Waals surface area contributed by atoms with Crippen LogP contribution in [0.25, 0.3) is 0 Å². The van der Waals surface area contributed by atoms with Gasteiger partial charge in [-0.05, 0) is 70.1 Å². The van der Waals surface area contributed by atoms with E-state index in [1.807, 2.05) is 32.1 Å². The van der Waals surface area contributed by atoms with E-state index in [9.17, 15) is 39.9 Å². The second-order valence-electron chi connectivity index (χ2n) is 18.0. The van der Waals surface area contributed by atoms with Crippen molar-refractivity contribution < 1.29 is 54.1 Å². The molecule has 0 aromatic carbocycles. The van der Waals surface area contributed by atoms with E-state index in [2.05, 4.69) is 19.9 Å². The fourth-order valence-electron chi connectivity index (χ4n) is 9.01. The summed E-state index contributed by atoms with van der Waals surface area (Å²) in [5, 5.41) is 55.0. The molecule has 56 heavy (non-hydrogen) atoms. The summed E-state index contributed by atoms with van der Waals surface area (Å²) in [5.74, 6) is -7.28. The van der Waals surface area contributed by atoms with Gasteiger partial charge in [0.2, 0.25) is 0 Å². The maximum atomic E-state index is 13.5. The van der Waals surface area contributed by atoms with Crippen LogP contribution in [0.3, 0.4) is 0 Å². The number of hydrogen-bond donors (Lipinski definition) is 5. The third-order valence-corrected chi connectivity index (χ3v) is 13.4. The predicted octanol–water partition coefficient (Wildman–Crippen LogP) is 5.88. The van der Waals surface area contributed by atoms with Crippen LogP contribution in [0.5, 0.6) is 0 Å². The Labute approximate surface area is 336 Å². The summed E-state index contributed by atoms with van der Waals surface area (Å²) in [7, 11) is 0. The molecule has 3 aliphatic rings. The Morgan fingerprint density at radius 2 is 1.48 bits per heavy atom. The first-order chi connectivity index (χ1) is 26.1. The molecule has 3 rings (SSSR count). The number of fused-ring (bicyclic) bond motifs is 2. The number of ether oxygens (including phenoxy) is 3. The Morgan fingerprint density at radius 1 is 0.839 bits per heavy atom. The van der Waals surface area contributed by atoms with Gasteiger partial charge in [-0.15, -0.1) is 0 Å². The van der Waals surface area contributed by atoms with Crippen LogP contribution in [0.1, 0.15) is 121 Å². The Morgan fingerprint density at radius 3 is 2.11 bits per heavy atom. The molecule has 320 valence electrons. The van der Waals surface area contributed by atoms with Crippen LogP contribution in [-0.2, 0) is 28.6 Å². The maximum absolute atomic E-state index is 13.5. The Bertz CT molecular complexity index is 1390. The minimum atomic E-state index is -2.18. The highest BCUT2D eigenvalue weighted by Crippen LogP contribution is 2.49. The second kappa shape index (κ2) is 20.6. The second-order valence-corrected chi connectivity index (χ2v) is 18.0. The van der Waals surface area contributed by atoms with Gasteiger partial charge in [-0.2, -0.15) is 0 Å². The average Bonchev–Trinajstić information content (AvgIpc) is 3.16. The number of aliphatic hydroxyl groups is 5. The largest absolute Gasteiger partial charge is 0.458 e. The van der Waals surface area contributed by atoms with Gasteiger partial charge < -0.3 is 39.7 Å². The van der Waals surface area contributed by atoms with E-state index < -0.39 is 89.0 Å². The van der Waals surface area contributed by atoms with Crippen molar-refractivity contribution in [3.63, 3.8) is 0 Å². The highest BCUT2D eigenvalue weighted by Gasteiger charge is 2.56. The monoisotopic (exact) mass is 791 g/mol. The molecule has 0 amide bonds. The van der Waals surface area contributed by atoms with Crippen LogP contribution in [0.4, 0.5) is 0 Å². The summed E-state index contributed by atoms with van der Waals surface area (Å²) in [6.07, 6.45) is 9.62. The lowest BCUT2D eigenvalue weighted by atomic mass is 9.74. The van der Waals surface area contributed by atoms with Crippen LogP contribution in [0.2, 0.25) is 0 Å². The molecule has 5 N–H and O–H groups in total. The number of hydrogen-bond acceptors (Lipinski definition) is 11. The van der Waals surface area contributed by atoms with Crippen molar-refractivity contribution in [3.8, 4) is 0 Å². The molecule has 0 aliphatic carbocycles. The number of allylic oxidation sites excluding steroid dienone is 4. The molecule has 2 bridgehead atoms. The van der Waals surface area contributed by atoms with Gasteiger partial charge in [-0.3, -0.25) is 9.59 Å². The van der Waals surface area contributed by atoms with Gasteiger partial charge in [0.25, 0.3) is 0 Å². The number of esters is 1. The quantitative estimate of drug-likeness (QED) is 0.216. The molecule has 0 aromatic rings. The van der Waals surface area contributed by atoms with Crippen molar-refractivity contribution in [3.05, 3.63) is 36.5 Å². The minimum absolute atomic E-state index is 0.168. The molecule has 11 nitrogen and oxygen atoms in total. The summed E-state index contributed by atoms with van der Waals surface area (Å²) in [4.78, 5) is 40.5. The third-order valence-electron chi connectivity index (χ3n) is 13.4. The van der Waals surface area contributed by atoms with Crippen molar-refractivity contribution in [1.82, 2.24) is 0 Å². The van der Waals surface area contributed by atoms with E-state index in [-0.39, 0.29) is 35.9 Å². The summed E-state index contributed by atoms with van der Waals surface area (Å²) < 4.78 is 20.0. The molecule has 0 aromatic heterocycles. The molecule has 0 saturated carbocycles. The minimum Gasteiger partial charge on any atom is -0.458 e. The highest BCUT2D eigenvalue weighted by atomic mass is 16.7. The molecule has 0 unspecified atom stereocenters. The van der Waals surface area contributed by atoms with Crippen molar-refractivity contribution in [1.29, 1.82) is 0 Å². The fourth-order valence-corrected chi connectivity index (χ4v) is 9.01. The average molecular weight is 791 g/mol. The van der Waals surface area contributed by atoms with Crippen LogP contribution < -0.4 is 0 Å². The SMILES string of the molecule is CC[C@H]1C=C/C=C\C[C@@H](C)[C@H](O)[C@@](C)(O)C(=O)[C@@H](C)[C@H](O)[C@@H](C)C(=O)[C@@H](C)[C@H](O)[C@@H](C)/C=C/C(=O)O[C@@H]2[C@H](C)[C@H](CC1)O[C@]1(CC[C@H](C)[C@H](C[C@@H](C)O)O1)[C@H]2C. The number of carbonyl (C=O) groups excluding carboxylic acids is 3. The van der Waals surface area contributed by atoms with Gasteiger partial charge in [0, 0.05) is 48.0 Å². The molecular formula is C45H74O11. The van der Waals surface area contributed by atoms with E-state index in [1.165, 1.54) is 39.8 Å². The smallest absolute Gasteiger partial charge is 0.330 e. The van der Waals surface area contributed by atoms with Gasteiger partial charge in [0.05, 0.1) is 36.6 Å². The molecule has 11 heteroatoms. The van der Waals surface area contributed by atoms with E-state index in [0.29, 0.717) is 25.7 Å². The third kappa shape index (κ3) is 11.5. The molecule has 18 atom stereocenters.